The molecule has 4 aliphatic heterocycles. The van der Waals surface area contributed by atoms with Crippen LogP contribution in [0.1, 0.15) is 140 Å². The Morgan fingerprint density at radius 3 is 1.38 bits per heavy atom. The van der Waals surface area contributed by atoms with E-state index in [9.17, 15) is 19.2 Å². The highest BCUT2D eigenvalue weighted by Crippen LogP contribution is 2.51. The van der Waals surface area contributed by atoms with Gasteiger partial charge in [-0.05, 0) is 187 Å². The van der Waals surface area contributed by atoms with Crippen LogP contribution in [-0.4, -0.2) is 36.7 Å². The Bertz CT molecular complexity index is 3960. The molecule has 0 unspecified atom stereocenters. The minimum Gasteiger partial charge on any atom is -0.371 e. The van der Waals surface area contributed by atoms with Crippen LogP contribution < -0.4 is 14.7 Å². The third-order valence-corrected chi connectivity index (χ3v) is 17.2. The molecule has 0 radical (unpaired) electrons. The molecule has 0 spiro atoms. The average molecular weight is 1010 g/mol. The van der Waals surface area contributed by atoms with Crippen molar-refractivity contribution in [3.8, 4) is 22.3 Å². The number of hydrogen-bond donors (Lipinski definition) is 0. The highest BCUT2D eigenvalue weighted by molar-refractivity contribution is 6.42. The molecule has 7 heteroatoms. The van der Waals surface area contributed by atoms with Crippen molar-refractivity contribution in [3.05, 3.63) is 213 Å². The minimum absolute atomic E-state index is 0.235. The van der Waals surface area contributed by atoms with Gasteiger partial charge in [0.25, 0.3) is 23.6 Å². The summed E-state index contributed by atoms with van der Waals surface area (Å²) in [4.78, 5) is 63.5. The second-order valence-electron chi connectivity index (χ2n) is 23.8. The summed E-state index contributed by atoms with van der Waals surface area (Å²) in [6.07, 6.45) is 4.65. The summed E-state index contributed by atoms with van der Waals surface area (Å²) in [5, 5.41) is 5.64. The van der Waals surface area contributed by atoms with Crippen LogP contribution >= 0.6 is 0 Å². The number of amides is 4. The zero-order chi connectivity index (χ0) is 53.6. The summed E-state index contributed by atoms with van der Waals surface area (Å²) < 4.78 is 0. The van der Waals surface area contributed by atoms with E-state index in [0.29, 0.717) is 22.1 Å². The predicted molar refractivity (Wildman–Crippen MR) is 315 cm³/mol. The topological polar surface area (TPSA) is 78.0 Å². The Morgan fingerprint density at radius 1 is 0.481 bits per heavy atom. The van der Waals surface area contributed by atoms with Crippen molar-refractivity contribution >= 4 is 78.6 Å². The van der Waals surface area contributed by atoms with Crippen LogP contribution in [0, 0.1) is 13.8 Å². The monoisotopic (exact) mass is 1010 g/mol. The van der Waals surface area contributed by atoms with Gasteiger partial charge in [-0.25, -0.2) is 9.80 Å². The Kier molecular flexibility index (Phi) is 10.8. The van der Waals surface area contributed by atoms with E-state index < -0.39 is 23.6 Å². The Hall–Kier alpha value is -8.42. The fourth-order valence-corrected chi connectivity index (χ4v) is 13.4. The van der Waals surface area contributed by atoms with Crippen molar-refractivity contribution in [1.29, 1.82) is 0 Å². The summed E-state index contributed by atoms with van der Waals surface area (Å²) in [5.74, 6) is -2.02. The van der Waals surface area contributed by atoms with Gasteiger partial charge in [-0.3, -0.25) is 19.2 Å². The van der Waals surface area contributed by atoms with E-state index in [1.807, 2.05) is 24.3 Å². The first kappa shape index (κ1) is 48.2. The molecule has 0 atom stereocenters. The van der Waals surface area contributed by atoms with Gasteiger partial charge in [0.1, 0.15) is 0 Å². The summed E-state index contributed by atoms with van der Waals surface area (Å²) in [5.41, 5.74) is 18.3. The van der Waals surface area contributed by atoms with Crippen LogP contribution in [-0.2, 0) is 23.7 Å². The molecule has 4 heterocycles. The molecule has 0 aromatic heterocycles. The van der Waals surface area contributed by atoms with Crippen LogP contribution in [0.4, 0.5) is 17.1 Å². The predicted octanol–water partition coefficient (Wildman–Crippen LogP) is 16.1. The number of hydrogen-bond acceptors (Lipinski definition) is 5. The maximum absolute atomic E-state index is 14.6. The van der Waals surface area contributed by atoms with Crippen molar-refractivity contribution < 1.29 is 19.2 Å². The fraction of sp³-hybridized carbons (Fsp3) is 0.229. The molecule has 0 bridgehead atoms. The lowest BCUT2D eigenvalue weighted by Gasteiger charge is -2.39. The molecule has 4 aliphatic rings. The lowest BCUT2D eigenvalue weighted by Crippen LogP contribution is -2.44. The van der Waals surface area contributed by atoms with Crippen molar-refractivity contribution in [2.45, 2.75) is 91.9 Å². The quantitative estimate of drug-likeness (QED) is 0.122. The van der Waals surface area contributed by atoms with E-state index in [1.165, 1.54) is 88.8 Å². The number of carbonyl (C=O) groups excluding carboxylic acids is 4. The fourth-order valence-electron chi connectivity index (χ4n) is 13.4. The number of rotatable bonds is 6. The molecule has 0 N–H and O–H groups in total. The van der Waals surface area contributed by atoms with E-state index >= 15 is 0 Å². The van der Waals surface area contributed by atoms with Gasteiger partial charge in [0.15, 0.2) is 0 Å². The molecule has 7 nitrogen and oxygen atoms in total. The number of nitrogens with zero attached hydrogens (tertiary/aromatic N) is 3. The lowest BCUT2D eigenvalue weighted by molar-refractivity contribution is 0.0872. The molecule has 0 saturated heterocycles. The smallest absolute Gasteiger partial charge is 0.265 e. The van der Waals surface area contributed by atoms with Gasteiger partial charge in [0.05, 0.1) is 11.4 Å². The molecular weight excluding hydrogens is 947 g/mol. The Morgan fingerprint density at radius 2 is 0.922 bits per heavy atom. The molecule has 380 valence electrons. The minimum atomic E-state index is -0.522. The van der Waals surface area contributed by atoms with Crippen molar-refractivity contribution in [1.82, 2.24) is 0 Å². The molecule has 77 heavy (non-hydrogen) atoms. The van der Waals surface area contributed by atoms with Crippen LogP contribution in [0.15, 0.2) is 146 Å². The van der Waals surface area contributed by atoms with Gasteiger partial charge in [0, 0.05) is 51.8 Å². The number of anilines is 3. The van der Waals surface area contributed by atoms with E-state index in [2.05, 4.69) is 146 Å². The SMILES string of the molecule is C=C(c1ccc(-c2c3ccccc3c(-c3c(C)c4c5c(c3C)CCCN5CCC4)c3ccccc23)cc1)c1ccc(N2C(=O)c3ccc4c5c(ccc(c35)C2=O)C(=O)N(c2cc(C(C)(C)C)ccc2C(C)(C)C)C4=O)cc1. The molecule has 0 fully saturated rings. The van der Waals surface area contributed by atoms with E-state index in [0.717, 1.165) is 59.3 Å². The number of imide groups is 2. The molecule has 4 amide bonds. The maximum atomic E-state index is 14.6. The van der Waals surface area contributed by atoms with Gasteiger partial charge in [-0.2, -0.15) is 0 Å². The average Bonchev–Trinajstić information content (AvgIpc) is 3.63. The first-order valence-corrected chi connectivity index (χ1v) is 27.2. The lowest BCUT2D eigenvalue weighted by atomic mass is 9.78. The molecule has 9 aromatic carbocycles. The molecule has 0 aliphatic carbocycles. The summed E-state index contributed by atoms with van der Waals surface area (Å²) in [6.45, 7) is 24.1. The van der Waals surface area contributed by atoms with E-state index in [1.54, 1.807) is 36.4 Å². The third kappa shape index (κ3) is 7.22. The van der Waals surface area contributed by atoms with Crippen LogP contribution in [0.5, 0.6) is 0 Å². The first-order chi connectivity index (χ1) is 36.9. The zero-order valence-corrected chi connectivity index (χ0v) is 45.2. The Labute approximate surface area is 450 Å². The van der Waals surface area contributed by atoms with Gasteiger partial charge in [0.2, 0.25) is 0 Å². The van der Waals surface area contributed by atoms with Crippen LogP contribution in [0.2, 0.25) is 0 Å². The van der Waals surface area contributed by atoms with E-state index in [4.69, 9.17) is 0 Å². The highest BCUT2D eigenvalue weighted by Gasteiger charge is 2.42. The normalized spacial score (nSPS) is 15.3. The summed E-state index contributed by atoms with van der Waals surface area (Å²) in [7, 11) is 0. The van der Waals surface area contributed by atoms with Gasteiger partial charge >= 0.3 is 0 Å². The zero-order valence-electron chi connectivity index (χ0n) is 45.2. The highest BCUT2D eigenvalue weighted by atomic mass is 16.2. The summed E-state index contributed by atoms with van der Waals surface area (Å²) >= 11 is 0. The number of benzene rings is 9. The summed E-state index contributed by atoms with van der Waals surface area (Å²) in [6, 6.07) is 46.3. The van der Waals surface area contributed by atoms with Gasteiger partial charge in [-0.15, -0.1) is 0 Å². The van der Waals surface area contributed by atoms with Crippen molar-refractivity contribution in [3.63, 3.8) is 0 Å². The van der Waals surface area contributed by atoms with Crippen LogP contribution in [0.3, 0.4) is 0 Å². The second kappa shape index (κ2) is 17.3. The third-order valence-electron chi connectivity index (χ3n) is 17.2. The first-order valence-electron chi connectivity index (χ1n) is 27.2. The Balaban J connectivity index is 0.806. The van der Waals surface area contributed by atoms with Gasteiger partial charge in [-0.1, -0.05) is 145 Å². The van der Waals surface area contributed by atoms with Crippen molar-refractivity contribution in [2.75, 3.05) is 27.8 Å². The van der Waals surface area contributed by atoms with E-state index in [-0.39, 0.29) is 33.1 Å². The van der Waals surface area contributed by atoms with Gasteiger partial charge < -0.3 is 4.90 Å². The van der Waals surface area contributed by atoms with Crippen LogP contribution in [0.25, 0.3) is 60.1 Å². The number of fused-ring (bicyclic) bond motifs is 2. The standard InChI is InChI=1S/C70H61N3O4/c1-39(42-22-24-44(25-23-42)60-49-16-10-12-18-51(49)61(52-19-13-11-17-50(52)60)59-40(2)47-20-14-36-71-37-15-21-48(41(59)3)64(47)71)43-26-29-46(30-27-43)72-65(74)53-31-33-55-63-56(34-32-54(62(53)63)66(72)75)68(77)73(67(55)76)58-38-45(69(4,5)6)28-35-57(58)70(7,8)9/h10-13,16-19,22-35,38H,1,14-15,20-21,36-37H2,2-9H3. The molecule has 9 aromatic rings. The molecule has 0 saturated carbocycles. The molecular formula is C70H61N3O4. The van der Waals surface area contributed by atoms with Crippen molar-refractivity contribution in [2.24, 2.45) is 0 Å². The largest absolute Gasteiger partial charge is 0.371 e. The second-order valence-corrected chi connectivity index (χ2v) is 23.8. The number of carbonyl (C=O) groups is 4. The maximum Gasteiger partial charge on any atom is 0.265 e. The molecule has 13 rings (SSSR count).